The number of carbonyl (C=O) groups is 1. The lowest BCUT2D eigenvalue weighted by Crippen LogP contribution is -2.24. The van der Waals surface area contributed by atoms with Gasteiger partial charge in [0.25, 0.3) is 11.8 Å². The van der Waals surface area contributed by atoms with Crippen LogP contribution in [0.2, 0.25) is 0 Å². The number of thiophene rings is 1. The van der Waals surface area contributed by atoms with Gasteiger partial charge in [-0.1, -0.05) is 18.2 Å². The van der Waals surface area contributed by atoms with Crippen molar-refractivity contribution < 1.29 is 28.2 Å². The molecule has 1 aromatic carbocycles. The fourth-order valence-corrected chi connectivity index (χ4v) is 2.85. The quantitative estimate of drug-likeness (QED) is 0.628. The third-order valence-electron chi connectivity index (χ3n) is 3.56. The van der Waals surface area contributed by atoms with E-state index in [1.54, 1.807) is 17.5 Å². The van der Waals surface area contributed by atoms with Crippen LogP contribution >= 0.6 is 11.3 Å². The normalized spacial score (nSPS) is 11.4. The molecule has 0 aliphatic carbocycles. The second kappa shape index (κ2) is 7.23. The number of nitrogens with one attached hydrogen (secondary N) is 1. The van der Waals surface area contributed by atoms with Crippen LogP contribution in [0.3, 0.4) is 0 Å². The molecule has 0 atom stereocenters. The van der Waals surface area contributed by atoms with E-state index in [1.807, 2.05) is 0 Å². The van der Waals surface area contributed by atoms with E-state index in [1.165, 1.54) is 23.5 Å². The summed E-state index contributed by atoms with van der Waals surface area (Å²) in [5.74, 6) is -2.25. The summed E-state index contributed by atoms with van der Waals surface area (Å²) in [6, 6.07) is 7.70. The molecule has 27 heavy (non-hydrogen) atoms. The van der Waals surface area contributed by atoms with Gasteiger partial charge in [0.05, 0.1) is 10.4 Å². The van der Waals surface area contributed by atoms with Gasteiger partial charge in [-0.25, -0.2) is 4.98 Å². The highest BCUT2D eigenvalue weighted by Crippen LogP contribution is 2.31. The van der Waals surface area contributed by atoms with Crippen LogP contribution in [0.1, 0.15) is 21.6 Å². The number of amides is 1. The van der Waals surface area contributed by atoms with Gasteiger partial charge in [-0.2, -0.15) is 18.2 Å². The van der Waals surface area contributed by atoms with Gasteiger partial charge in [0.2, 0.25) is 5.75 Å². The van der Waals surface area contributed by atoms with Crippen LogP contribution in [0.5, 0.6) is 11.6 Å². The highest BCUT2D eigenvalue weighted by atomic mass is 32.1. The molecule has 0 saturated carbocycles. The molecule has 0 aliphatic rings. The maximum atomic E-state index is 12.6. The molecule has 140 valence electrons. The van der Waals surface area contributed by atoms with Gasteiger partial charge < -0.3 is 15.5 Å². The summed E-state index contributed by atoms with van der Waals surface area (Å²) in [6.07, 6.45) is -4.44. The fourth-order valence-electron chi connectivity index (χ4n) is 2.19. The molecule has 3 N–H and O–H groups in total. The molecule has 10 heteroatoms. The molecule has 2 heterocycles. The van der Waals surface area contributed by atoms with Gasteiger partial charge in [0.15, 0.2) is 11.5 Å². The van der Waals surface area contributed by atoms with Crippen molar-refractivity contribution in [1.82, 2.24) is 15.3 Å². The van der Waals surface area contributed by atoms with Gasteiger partial charge in [-0.3, -0.25) is 4.79 Å². The fraction of sp³-hybridized carbons (Fsp3) is 0.118. The zero-order chi connectivity index (χ0) is 19.6. The predicted molar refractivity (Wildman–Crippen MR) is 91.3 cm³/mol. The van der Waals surface area contributed by atoms with Crippen LogP contribution in [0.15, 0.2) is 41.8 Å². The Morgan fingerprint density at radius 3 is 2.41 bits per heavy atom. The van der Waals surface area contributed by atoms with E-state index < -0.39 is 35.0 Å². The number of hydrogen-bond acceptors (Lipinski definition) is 6. The molecular formula is C17H12F3N3O3S. The Morgan fingerprint density at radius 2 is 1.81 bits per heavy atom. The molecule has 3 rings (SSSR count). The number of nitrogens with zero attached hydrogens (tertiary/aromatic N) is 2. The van der Waals surface area contributed by atoms with E-state index in [2.05, 4.69) is 15.3 Å². The smallest absolute Gasteiger partial charge is 0.416 e. The third-order valence-corrected chi connectivity index (χ3v) is 4.42. The van der Waals surface area contributed by atoms with Crippen molar-refractivity contribution in [3.05, 3.63) is 58.6 Å². The predicted octanol–water partition coefficient (Wildman–Crippen LogP) is 3.57. The third kappa shape index (κ3) is 4.17. The van der Waals surface area contributed by atoms with Gasteiger partial charge in [-0.05, 0) is 29.1 Å². The zero-order valence-corrected chi connectivity index (χ0v) is 14.3. The first kappa shape index (κ1) is 18.6. The maximum Gasteiger partial charge on any atom is 0.416 e. The molecule has 0 spiro atoms. The first-order valence-corrected chi connectivity index (χ1v) is 8.42. The van der Waals surface area contributed by atoms with Crippen LogP contribution in [-0.2, 0) is 12.7 Å². The number of rotatable bonds is 4. The van der Waals surface area contributed by atoms with Crippen LogP contribution in [0.4, 0.5) is 13.2 Å². The summed E-state index contributed by atoms with van der Waals surface area (Å²) >= 11 is 1.28. The number of benzene rings is 1. The van der Waals surface area contributed by atoms with Crippen molar-refractivity contribution in [2.45, 2.75) is 12.7 Å². The first-order chi connectivity index (χ1) is 12.8. The van der Waals surface area contributed by atoms with Crippen LogP contribution < -0.4 is 5.32 Å². The maximum absolute atomic E-state index is 12.6. The Bertz CT molecular complexity index is 958. The summed E-state index contributed by atoms with van der Waals surface area (Å²) in [5.41, 5.74) is -0.804. The van der Waals surface area contributed by atoms with Gasteiger partial charge in [0, 0.05) is 6.54 Å². The summed E-state index contributed by atoms with van der Waals surface area (Å²) < 4.78 is 37.7. The lowest BCUT2D eigenvalue weighted by molar-refractivity contribution is -0.137. The minimum absolute atomic E-state index is 0.0694. The van der Waals surface area contributed by atoms with Gasteiger partial charge >= 0.3 is 6.18 Å². The van der Waals surface area contributed by atoms with E-state index in [0.29, 0.717) is 10.4 Å². The number of carbonyl (C=O) groups excluding carboxylic acids is 1. The highest BCUT2D eigenvalue weighted by Gasteiger charge is 2.30. The number of hydrogen-bond donors (Lipinski definition) is 3. The Hall–Kier alpha value is -3.14. The van der Waals surface area contributed by atoms with E-state index in [4.69, 9.17) is 0 Å². The average Bonchev–Trinajstić information content (AvgIpc) is 3.16. The molecule has 0 unspecified atom stereocenters. The molecule has 3 aromatic rings. The Morgan fingerprint density at radius 1 is 1.11 bits per heavy atom. The average molecular weight is 395 g/mol. The second-order valence-electron chi connectivity index (χ2n) is 5.42. The lowest BCUT2D eigenvalue weighted by Gasteiger charge is -2.10. The van der Waals surface area contributed by atoms with Crippen molar-refractivity contribution in [2.24, 2.45) is 0 Å². The van der Waals surface area contributed by atoms with Gasteiger partial charge in [0.1, 0.15) is 0 Å². The van der Waals surface area contributed by atoms with Crippen molar-refractivity contribution in [2.75, 3.05) is 0 Å². The minimum Gasteiger partial charge on any atom is -0.501 e. The molecule has 1 amide bonds. The number of halogens is 3. The Kier molecular flexibility index (Phi) is 5.00. The van der Waals surface area contributed by atoms with Crippen molar-refractivity contribution in [3.8, 4) is 22.3 Å². The summed E-state index contributed by atoms with van der Waals surface area (Å²) in [6.45, 7) is -0.0878. The van der Waals surface area contributed by atoms with Crippen molar-refractivity contribution in [3.63, 3.8) is 0 Å². The topological polar surface area (TPSA) is 95.3 Å². The van der Waals surface area contributed by atoms with Gasteiger partial charge in [-0.15, -0.1) is 11.3 Å². The number of aromatic hydroxyl groups is 2. The number of alkyl halides is 3. The summed E-state index contributed by atoms with van der Waals surface area (Å²) in [7, 11) is 0. The van der Waals surface area contributed by atoms with Crippen LogP contribution in [0.25, 0.3) is 10.7 Å². The SMILES string of the molecule is O=C(NCc1ccc(C(F)(F)F)cc1)c1nc(-c2cccs2)nc(O)c1O. The highest BCUT2D eigenvalue weighted by molar-refractivity contribution is 7.13. The zero-order valence-electron chi connectivity index (χ0n) is 13.5. The molecule has 0 radical (unpaired) electrons. The minimum atomic E-state index is -4.44. The summed E-state index contributed by atoms with van der Waals surface area (Å²) in [4.78, 5) is 20.6. The number of aromatic nitrogens is 2. The molecular weight excluding hydrogens is 383 g/mol. The molecule has 0 fully saturated rings. The lowest BCUT2D eigenvalue weighted by atomic mass is 10.1. The summed E-state index contributed by atoms with van der Waals surface area (Å²) in [5, 5.41) is 23.8. The van der Waals surface area contributed by atoms with E-state index >= 15 is 0 Å². The monoisotopic (exact) mass is 395 g/mol. The Labute approximate surface area is 155 Å². The van der Waals surface area contributed by atoms with E-state index in [9.17, 15) is 28.2 Å². The van der Waals surface area contributed by atoms with Crippen molar-refractivity contribution >= 4 is 17.2 Å². The van der Waals surface area contributed by atoms with E-state index in [0.717, 1.165) is 12.1 Å². The molecule has 6 nitrogen and oxygen atoms in total. The standard InChI is InChI=1S/C17H12F3N3O3S/c18-17(19,20)10-5-3-9(4-6-10)8-21-15(25)12-13(24)16(26)23-14(22-12)11-2-1-7-27-11/h1-7,24H,8H2,(H,21,25)(H,22,23,26). The van der Waals surface area contributed by atoms with Crippen molar-refractivity contribution in [1.29, 1.82) is 0 Å². The van der Waals surface area contributed by atoms with E-state index in [-0.39, 0.29) is 12.4 Å². The van der Waals surface area contributed by atoms with Crippen LogP contribution in [-0.4, -0.2) is 26.1 Å². The van der Waals surface area contributed by atoms with Crippen LogP contribution in [0, 0.1) is 0 Å². The second-order valence-corrected chi connectivity index (χ2v) is 6.37. The molecule has 0 aliphatic heterocycles. The largest absolute Gasteiger partial charge is 0.501 e. The Balaban J connectivity index is 1.76. The molecule has 0 saturated heterocycles. The first-order valence-electron chi connectivity index (χ1n) is 7.54. The molecule has 2 aromatic heterocycles. The molecule has 0 bridgehead atoms.